The van der Waals surface area contributed by atoms with E-state index in [0.717, 1.165) is 18.7 Å². The summed E-state index contributed by atoms with van der Waals surface area (Å²) in [5.41, 5.74) is 2.27. The van der Waals surface area contributed by atoms with Gasteiger partial charge in [0.05, 0.1) is 6.61 Å². The second-order valence-electron chi connectivity index (χ2n) is 4.63. The molecule has 0 aliphatic heterocycles. The van der Waals surface area contributed by atoms with E-state index in [-0.39, 0.29) is 0 Å². The number of rotatable bonds is 6. The molecule has 0 radical (unpaired) electrons. The Kier molecular flexibility index (Phi) is 6.68. The van der Waals surface area contributed by atoms with Crippen LogP contribution >= 0.6 is 12.2 Å². The fourth-order valence-electron chi connectivity index (χ4n) is 1.54. The molecular weight excluding hydrogens is 244 g/mol. The predicted molar refractivity (Wildman–Crippen MR) is 81.1 cm³/mol. The Hall–Kier alpha value is -1.13. The van der Waals surface area contributed by atoms with Gasteiger partial charge in [-0.1, -0.05) is 32.0 Å². The maximum absolute atomic E-state index is 5.27. The number of benzene rings is 1. The van der Waals surface area contributed by atoms with Crippen molar-refractivity contribution in [3.8, 4) is 0 Å². The van der Waals surface area contributed by atoms with E-state index in [1.807, 2.05) is 18.2 Å². The summed E-state index contributed by atoms with van der Waals surface area (Å²) in [6, 6.07) is 8.16. The lowest BCUT2D eigenvalue weighted by molar-refractivity contribution is 0.202. The summed E-state index contributed by atoms with van der Waals surface area (Å²) in [5.74, 6) is 0.577. The van der Waals surface area contributed by atoms with Gasteiger partial charge in [0.1, 0.15) is 0 Å². The van der Waals surface area contributed by atoms with E-state index >= 15 is 0 Å². The van der Waals surface area contributed by atoms with Crippen molar-refractivity contribution in [2.24, 2.45) is 5.92 Å². The van der Waals surface area contributed by atoms with E-state index in [9.17, 15) is 0 Å². The third-order valence-electron chi connectivity index (χ3n) is 2.51. The van der Waals surface area contributed by atoms with Gasteiger partial charge in [0.2, 0.25) is 0 Å². The van der Waals surface area contributed by atoms with E-state index in [1.54, 1.807) is 7.11 Å². The molecule has 2 N–H and O–H groups in total. The minimum Gasteiger partial charge on any atom is -0.384 e. The van der Waals surface area contributed by atoms with Gasteiger partial charge in [-0.3, -0.25) is 0 Å². The van der Waals surface area contributed by atoms with E-state index in [0.29, 0.717) is 17.6 Å². The highest BCUT2D eigenvalue weighted by Crippen LogP contribution is 2.15. The molecule has 0 saturated carbocycles. The average molecular weight is 266 g/mol. The summed E-state index contributed by atoms with van der Waals surface area (Å²) >= 11 is 5.27. The molecule has 0 amide bonds. The SMILES string of the molecule is COCCc1ccccc1NC(=S)NCC(C)C. The van der Waals surface area contributed by atoms with Gasteiger partial charge in [-0.15, -0.1) is 0 Å². The molecule has 1 aromatic rings. The van der Waals surface area contributed by atoms with Crippen molar-refractivity contribution in [3.05, 3.63) is 29.8 Å². The van der Waals surface area contributed by atoms with E-state index < -0.39 is 0 Å². The summed E-state index contributed by atoms with van der Waals surface area (Å²) < 4.78 is 5.11. The van der Waals surface area contributed by atoms with Crippen LogP contribution in [0.3, 0.4) is 0 Å². The highest BCUT2D eigenvalue weighted by atomic mass is 32.1. The first-order valence-corrected chi connectivity index (χ1v) is 6.66. The normalized spacial score (nSPS) is 10.4. The molecular formula is C14H22N2OS. The van der Waals surface area contributed by atoms with Crippen LogP contribution in [0, 0.1) is 5.92 Å². The molecule has 4 heteroatoms. The molecule has 0 heterocycles. The zero-order valence-electron chi connectivity index (χ0n) is 11.3. The Bertz CT molecular complexity index is 380. The van der Waals surface area contributed by atoms with Crippen molar-refractivity contribution in [1.82, 2.24) is 5.32 Å². The van der Waals surface area contributed by atoms with E-state index in [1.165, 1.54) is 5.56 Å². The molecule has 100 valence electrons. The van der Waals surface area contributed by atoms with Crippen molar-refractivity contribution in [2.75, 3.05) is 25.6 Å². The van der Waals surface area contributed by atoms with Crippen LogP contribution in [0.1, 0.15) is 19.4 Å². The summed E-state index contributed by atoms with van der Waals surface area (Å²) in [6.45, 7) is 5.90. The van der Waals surface area contributed by atoms with Gasteiger partial charge in [0, 0.05) is 19.3 Å². The molecule has 0 unspecified atom stereocenters. The number of thiocarbonyl (C=S) groups is 1. The number of para-hydroxylation sites is 1. The van der Waals surface area contributed by atoms with Crippen LogP contribution in [0.5, 0.6) is 0 Å². The Morgan fingerprint density at radius 1 is 1.33 bits per heavy atom. The standard InChI is InChI=1S/C14H22N2OS/c1-11(2)10-15-14(18)16-13-7-5-4-6-12(13)8-9-17-3/h4-7,11H,8-10H2,1-3H3,(H2,15,16,18). The second kappa shape index (κ2) is 8.06. The van der Waals surface area contributed by atoms with Crippen LogP contribution in [0.2, 0.25) is 0 Å². The Balaban J connectivity index is 2.57. The van der Waals surface area contributed by atoms with Crippen LogP contribution in [0.4, 0.5) is 5.69 Å². The molecule has 1 rings (SSSR count). The molecule has 0 spiro atoms. The molecule has 3 nitrogen and oxygen atoms in total. The predicted octanol–water partition coefficient (Wildman–Crippen LogP) is 2.82. The topological polar surface area (TPSA) is 33.3 Å². The number of anilines is 1. The minimum atomic E-state index is 0.577. The lowest BCUT2D eigenvalue weighted by atomic mass is 10.1. The summed E-state index contributed by atoms with van der Waals surface area (Å²) in [6.07, 6.45) is 0.881. The first kappa shape index (κ1) is 14.9. The van der Waals surface area contributed by atoms with Crippen LogP contribution in [-0.2, 0) is 11.2 Å². The van der Waals surface area contributed by atoms with Gasteiger partial charge in [0.25, 0.3) is 0 Å². The largest absolute Gasteiger partial charge is 0.384 e. The number of methoxy groups -OCH3 is 1. The summed E-state index contributed by atoms with van der Waals surface area (Å²) in [7, 11) is 1.71. The van der Waals surface area contributed by atoms with Crippen LogP contribution in [-0.4, -0.2) is 25.4 Å². The monoisotopic (exact) mass is 266 g/mol. The van der Waals surface area contributed by atoms with Gasteiger partial charge >= 0.3 is 0 Å². The Morgan fingerprint density at radius 3 is 2.72 bits per heavy atom. The summed E-state index contributed by atoms with van der Waals surface area (Å²) in [4.78, 5) is 0. The molecule has 0 atom stereocenters. The van der Waals surface area contributed by atoms with Crippen LogP contribution in [0.25, 0.3) is 0 Å². The molecule has 0 aliphatic rings. The molecule has 0 aliphatic carbocycles. The molecule has 0 saturated heterocycles. The quantitative estimate of drug-likeness (QED) is 0.776. The van der Waals surface area contributed by atoms with Crippen molar-refractivity contribution >= 4 is 23.0 Å². The van der Waals surface area contributed by atoms with Gasteiger partial charge in [-0.2, -0.15) is 0 Å². The van der Waals surface area contributed by atoms with Crippen LogP contribution < -0.4 is 10.6 Å². The first-order chi connectivity index (χ1) is 8.63. The second-order valence-corrected chi connectivity index (χ2v) is 5.04. The maximum atomic E-state index is 5.27. The van der Waals surface area contributed by atoms with E-state index in [2.05, 4.69) is 30.5 Å². The highest BCUT2D eigenvalue weighted by Gasteiger charge is 2.04. The lowest BCUT2D eigenvalue weighted by Crippen LogP contribution is -2.31. The Morgan fingerprint density at radius 2 is 2.06 bits per heavy atom. The van der Waals surface area contributed by atoms with E-state index in [4.69, 9.17) is 17.0 Å². The highest BCUT2D eigenvalue weighted by molar-refractivity contribution is 7.80. The molecule has 18 heavy (non-hydrogen) atoms. The van der Waals surface area contributed by atoms with Crippen molar-refractivity contribution in [3.63, 3.8) is 0 Å². The molecule has 0 aromatic heterocycles. The number of nitrogens with one attached hydrogen (secondary N) is 2. The zero-order chi connectivity index (χ0) is 13.4. The van der Waals surface area contributed by atoms with Gasteiger partial charge in [0.15, 0.2) is 5.11 Å². The molecule has 0 bridgehead atoms. The fraction of sp³-hybridized carbons (Fsp3) is 0.500. The fourth-order valence-corrected chi connectivity index (χ4v) is 1.73. The number of hydrogen-bond acceptors (Lipinski definition) is 2. The summed E-state index contributed by atoms with van der Waals surface area (Å²) in [5, 5.41) is 7.12. The van der Waals surface area contributed by atoms with Crippen LogP contribution in [0.15, 0.2) is 24.3 Å². The van der Waals surface area contributed by atoms with Gasteiger partial charge in [-0.05, 0) is 36.2 Å². The smallest absolute Gasteiger partial charge is 0.170 e. The van der Waals surface area contributed by atoms with Crippen molar-refractivity contribution in [1.29, 1.82) is 0 Å². The average Bonchev–Trinajstić information content (AvgIpc) is 2.35. The van der Waals surface area contributed by atoms with Crippen molar-refractivity contribution in [2.45, 2.75) is 20.3 Å². The molecule has 1 aromatic carbocycles. The third-order valence-corrected chi connectivity index (χ3v) is 2.76. The third kappa shape index (κ3) is 5.47. The maximum Gasteiger partial charge on any atom is 0.170 e. The molecule has 0 fully saturated rings. The number of ether oxygens (including phenoxy) is 1. The van der Waals surface area contributed by atoms with Gasteiger partial charge < -0.3 is 15.4 Å². The van der Waals surface area contributed by atoms with Gasteiger partial charge in [-0.25, -0.2) is 0 Å². The first-order valence-electron chi connectivity index (χ1n) is 6.25. The zero-order valence-corrected chi connectivity index (χ0v) is 12.1. The number of hydrogen-bond donors (Lipinski definition) is 2. The van der Waals surface area contributed by atoms with Crippen molar-refractivity contribution < 1.29 is 4.74 Å². The lowest BCUT2D eigenvalue weighted by Gasteiger charge is -2.15. The minimum absolute atomic E-state index is 0.577. The Labute approximate surface area is 115 Å².